The first-order chi connectivity index (χ1) is 10.6. The molecule has 1 rings (SSSR count). The van der Waals surface area contributed by atoms with Gasteiger partial charge in [0.1, 0.15) is 0 Å². The lowest BCUT2D eigenvalue weighted by atomic mass is 9.84. The monoisotopic (exact) mass is 311 g/mol. The van der Waals surface area contributed by atoms with Crippen LogP contribution in [0.15, 0.2) is 0 Å². The van der Waals surface area contributed by atoms with E-state index in [2.05, 4.69) is 17.6 Å². The molecule has 0 aromatic heterocycles. The molecule has 0 radical (unpaired) electrons. The van der Waals surface area contributed by atoms with Crippen LogP contribution in [-0.2, 0) is 9.59 Å². The van der Waals surface area contributed by atoms with Crippen molar-refractivity contribution in [2.75, 3.05) is 32.7 Å². The minimum absolute atomic E-state index is 0.126. The molecule has 2 amide bonds. The Bertz CT molecular complexity index is 337. The number of hydrogen-bond acceptors (Lipinski definition) is 3. The molecule has 1 heterocycles. The molecule has 1 unspecified atom stereocenters. The number of amides is 2. The smallest absolute Gasteiger partial charge is 0.222 e. The highest BCUT2D eigenvalue weighted by molar-refractivity contribution is 5.77. The third kappa shape index (κ3) is 6.77. The van der Waals surface area contributed by atoms with Crippen molar-refractivity contribution in [3.8, 4) is 0 Å². The van der Waals surface area contributed by atoms with E-state index in [0.29, 0.717) is 31.2 Å². The zero-order valence-electron chi connectivity index (χ0n) is 14.5. The van der Waals surface area contributed by atoms with Crippen molar-refractivity contribution in [1.82, 2.24) is 15.5 Å². The summed E-state index contributed by atoms with van der Waals surface area (Å²) in [5.74, 6) is 1.42. The summed E-state index contributed by atoms with van der Waals surface area (Å²) in [6.45, 7) is 10.4. The summed E-state index contributed by atoms with van der Waals surface area (Å²) >= 11 is 0. The van der Waals surface area contributed by atoms with Crippen LogP contribution in [0, 0.1) is 11.8 Å². The summed E-state index contributed by atoms with van der Waals surface area (Å²) in [5.41, 5.74) is 0. The topological polar surface area (TPSA) is 61.4 Å². The maximum Gasteiger partial charge on any atom is 0.222 e. The summed E-state index contributed by atoms with van der Waals surface area (Å²) in [7, 11) is 0. The van der Waals surface area contributed by atoms with Crippen molar-refractivity contribution in [2.24, 2.45) is 11.8 Å². The van der Waals surface area contributed by atoms with Gasteiger partial charge in [-0.3, -0.25) is 9.59 Å². The third-order valence-electron chi connectivity index (χ3n) is 4.70. The quantitative estimate of drug-likeness (QED) is 0.638. The second-order valence-electron chi connectivity index (χ2n) is 6.29. The van der Waals surface area contributed by atoms with Gasteiger partial charge in [-0.25, -0.2) is 0 Å². The maximum absolute atomic E-state index is 12.0. The second kappa shape index (κ2) is 10.6. The van der Waals surface area contributed by atoms with E-state index in [1.54, 1.807) is 0 Å². The Hall–Kier alpha value is -1.10. The number of carbonyl (C=O) groups excluding carboxylic acids is 2. The largest absolute Gasteiger partial charge is 0.356 e. The van der Waals surface area contributed by atoms with Crippen molar-refractivity contribution < 1.29 is 9.59 Å². The molecule has 0 aromatic carbocycles. The minimum Gasteiger partial charge on any atom is -0.356 e. The van der Waals surface area contributed by atoms with E-state index in [0.717, 1.165) is 32.6 Å². The van der Waals surface area contributed by atoms with Crippen LogP contribution in [0.4, 0.5) is 0 Å². The van der Waals surface area contributed by atoms with Gasteiger partial charge in [0.15, 0.2) is 0 Å². The zero-order valence-corrected chi connectivity index (χ0v) is 14.5. The van der Waals surface area contributed by atoms with Gasteiger partial charge >= 0.3 is 0 Å². The lowest BCUT2D eigenvalue weighted by Crippen LogP contribution is -2.34. The fraction of sp³-hybridized carbons (Fsp3) is 0.882. The average molecular weight is 311 g/mol. The van der Waals surface area contributed by atoms with Gasteiger partial charge in [-0.1, -0.05) is 6.92 Å². The first kappa shape index (κ1) is 18.9. The minimum atomic E-state index is 0.126. The average Bonchev–Trinajstić information content (AvgIpc) is 2.53. The summed E-state index contributed by atoms with van der Waals surface area (Å²) < 4.78 is 0. The third-order valence-corrected chi connectivity index (χ3v) is 4.70. The Morgan fingerprint density at radius 1 is 1.23 bits per heavy atom. The molecule has 1 atom stereocenters. The fourth-order valence-electron chi connectivity index (χ4n) is 3.15. The standard InChI is InChI=1S/C17H33N3O2/c1-4-20(5-2)17(22)7-6-10-19-16(21)13-14(3)15-8-11-18-12-9-15/h14-15,18H,4-13H2,1-3H3,(H,19,21). The predicted molar refractivity (Wildman–Crippen MR) is 89.5 cm³/mol. The molecule has 1 saturated heterocycles. The molecule has 2 N–H and O–H groups in total. The van der Waals surface area contributed by atoms with Crippen LogP contribution in [0.25, 0.3) is 0 Å². The van der Waals surface area contributed by atoms with Crippen molar-refractivity contribution in [3.05, 3.63) is 0 Å². The van der Waals surface area contributed by atoms with E-state index in [-0.39, 0.29) is 11.8 Å². The van der Waals surface area contributed by atoms with Crippen LogP contribution in [0.3, 0.4) is 0 Å². The summed E-state index contributed by atoms with van der Waals surface area (Å²) in [4.78, 5) is 25.6. The van der Waals surface area contributed by atoms with Crippen molar-refractivity contribution in [2.45, 2.75) is 52.9 Å². The highest BCUT2D eigenvalue weighted by Crippen LogP contribution is 2.24. The number of nitrogens with zero attached hydrogens (tertiary/aromatic N) is 1. The van der Waals surface area contributed by atoms with Crippen LogP contribution in [0.1, 0.15) is 52.9 Å². The highest BCUT2D eigenvalue weighted by Gasteiger charge is 2.21. The van der Waals surface area contributed by atoms with Gasteiger partial charge in [-0.2, -0.15) is 0 Å². The lowest BCUT2D eigenvalue weighted by molar-refractivity contribution is -0.131. The number of nitrogens with one attached hydrogen (secondary N) is 2. The van der Waals surface area contributed by atoms with E-state index in [9.17, 15) is 9.59 Å². The van der Waals surface area contributed by atoms with Gasteiger partial charge in [0, 0.05) is 32.5 Å². The van der Waals surface area contributed by atoms with Crippen LogP contribution in [0.2, 0.25) is 0 Å². The molecule has 0 saturated carbocycles. The van der Waals surface area contributed by atoms with E-state index >= 15 is 0 Å². The molecule has 0 bridgehead atoms. The Morgan fingerprint density at radius 2 is 1.86 bits per heavy atom. The molecule has 0 aliphatic carbocycles. The molecule has 5 nitrogen and oxygen atoms in total. The molecule has 1 aliphatic rings. The summed E-state index contributed by atoms with van der Waals surface area (Å²) in [6.07, 6.45) is 4.20. The van der Waals surface area contributed by atoms with Crippen molar-refractivity contribution in [1.29, 1.82) is 0 Å². The van der Waals surface area contributed by atoms with Gasteiger partial charge < -0.3 is 15.5 Å². The Morgan fingerprint density at radius 3 is 2.45 bits per heavy atom. The summed E-state index contributed by atoms with van der Waals surface area (Å²) in [6, 6.07) is 0. The first-order valence-corrected chi connectivity index (χ1v) is 8.83. The van der Waals surface area contributed by atoms with Gasteiger partial charge in [0.25, 0.3) is 0 Å². The lowest BCUT2D eigenvalue weighted by Gasteiger charge is -2.27. The second-order valence-corrected chi connectivity index (χ2v) is 6.29. The van der Waals surface area contributed by atoms with E-state index < -0.39 is 0 Å². The number of piperidine rings is 1. The van der Waals surface area contributed by atoms with E-state index in [4.69, 9.17) is 0 Å². The number of carbonyl (C=O) groups is 2. The normalized spacial score (nSPS) is 17.0. The molecule has 5 heteroatoms. The molecule has 1 aliphatic heterocycles. The van der Waals surface area contributed by atoms with Gasteiger partial charge in [-0.05, 0) is 58.0 Å². The van der Waals surface area contributed by atoms with Gasteiger partial charge in [0.2, 0.25) is 11.8 Å². The maximum atomic E-state index is 12.0. The SMILES string of the molecule is CCN(CC)C(=O)CCCNC(=O)CC(C)C1CCNCC1. The molecule has 128 valence electrons. The van der Waals surface area contributed by atoms with Crippen molar-refractivity contribution >= 4 is 11.8 Å². The van der Waals surface area contributed by atoms with Crippen LogP contribution in [0.5, 0.6) is 0 Å². The van der Waals surface area contributed by atoms with Gasteiger partial charge in [-0.15, -0.1) is 0 Å². The Labute approximate surface area is 135 Å². The van der Waals surface area contributed by atoms with Crippen molar-refractivity contribution in [3.63, 3.8) is 0 Å². The molecule has 0 aromatic rings. The molecular weight excluding hydrogens is 278 g/mol. The molecule has 1 fully saturated rings. The van der Waals surface area contributed by atoms with Crippen LogP contribution < -0.4 is 10.6 Å². The predicted octanol–water partition coefficient (Wildman–Crippen LogP) is 1.78. The molecule has 0 spiro atoms. The Balaban J connectivity index is 2.13. The Kier molecular flexibility index (Phi) is 9.13. The highest BCUT2D eigenvalue weighted by atomic mass is 16.2. The zero-order chi connectivity index (χ0) is 16.4. The van der Waals surface area contributed by atoms with Crippen LogP contribution >= 0.6 is 0 Å². The molecular formula is C17H33N3O2. The van der Waals surface area contributed by atoms with Crippen LogP contribution in [-0.4, -0.2) is 49.4 Å². The molecule has 22 heavy (non-hydrogen) atoms. The fourth-order valence-corrected chi connectivity index (χ4v) is 3.15. The van der Waals surface area contributed by atoms with E-state index in [1.807, 2.05) is 18.7 Å². The van der Waals surface area contributed by atoms with E-state index in [1.165, 1.54) is 12.8 Å². The van der Waals surface area contributed by atoms with Gasteiger partial charge in [0.05, 0.1) is 0 Å². The number of hydrogen-bond donors (Lipinski definition) is 2. The number of rotatable bonds is 9. The first-order valence-electron chi connectivity index (χ1n) is 8.83. The summed E-state index contributed by atoms with van der Waals surface area (Å²) in [5, 5.41) is 6.32.